The molecule has 0 fully saturated rings. The monoisotopic (exact) mass is 300 g/mol. The molecule has 21 heavy (non-hydrogen) atoms. The number of thiazole rings is 1. The van der Waals surface area contributed by atoms with E-state index in [0.29, 0.717) is 20.9 Å². The highest BCUT2D eigenvalue weighted by Gasteiger charge is 2.20. The quantitative estimate of drug-likeness (QED) is 0.560. The van der Waals surface area contributed by atoms with Crippen molar-refractivity contribution in [2.75, 3.05) is 5.73 Å². The molecule has 3 N–H and O–H groups in total. The standard InChI is InChI=1S/C14H8N2O4S/c15-14-16-6-3-4-7-9(13(6)21-14)10(17)11(18)12(20-7)8-2-1-5-19-8/h1-5,18H,(H2,15,16). The van der Waals surface area contributed by atoms with E-state index >= 15 is 0 Å². The number of nitrogens with zero attached hydrogens (tertiary/aromatic N) is 1. The van der Waals surface area contributed by atoms with Gasteiger partial charge in [0.1, 0.15) is 5.58 Å². The summed E-state index contributed by atoms with van der Waals surface area (Å²) in [5.74, 6) is -0.193. The van der Waals surface area contributed by atoms with Crippen LogP contribution in [-0.4, -0.2) is 10.1 Å². The molecule has 4 aromatic rings. The Balaban J connectivity index is 2.18. The highest BCUT2D eigenvalue weighted by atomic mass is 32.1. The number of fused-ring (bicyclic) bond motifs is 3. The molecule has 0 spiro atoms. The molecule has 0 aliphatic heterocycles. The fraction of sp³-hybridized carbons (Fsp3) is 0. The van der Waals surface area contributed by atoms with Crippen molar-refractivity contribution in [1.82, 2.24) is 4.98 Å². The summed E-state index contributed by atoms with van der Waals surface area (Å²) in [6, 6.07) is 6.60. The van der Waals surface area contributed by atoms with E-state index in [1.807, 2.05) is 0 Å². The molecule has 6 nitrogen and oxygen atoms in total. The largest absolute Gasteiger partial charge is 0.501 e. The Bertz CT molecular complexity index is 1030. The van der Waals surface area contributed by atoms with Gasteiger partial charge in [0, 0.05) is 0 Å². The number of anilines is 1. The molecule has 0 saturated heterocycles. The van der Waals surface area contributed by atoms with E-state index in [0.717, 1.165) is 0 Å². The average molecular weight is 300 g/mol. The van der Waals surface area contributed by atoms with Crippen LogP contribution < -0.4 is 11.2 Å². The Morgan fingerprint density at radius 1 is 1.29 bits per heavy atom. The van der Waals surface area contributed by atoms with Crippen molar-refractivity contribution in [2.24, 2.45) is 0 Å². The molecule has 0 amide bonds. The minimum absolute atomic E-state index is 0.00865. The third kappa shape index (κ3) is 1.64. The van der Waals surface area contributed by atoms with Crippen LogP contribution >= 0.6 is 11.3 Å². The Kier molecular flexibility index (Phi) is 2.34. The summed E-state index contributed by atoms with van der Waals surface area (Å²) in [5.41, 5.74) is 6.09. The summed E-state index contributed by atoms with van der Waals surface area (Å²) in [6.45, 7) is 0. The molecule has 0 radical (unpaired) electrons. The summed E-state index contributed by atoms with van der Waals surface area (Å²) >= 11 is 1.18. The number of nitrogen functional groups attached to an aromatic ring is 1. The number of furan rings is 1. The van der Waals surface area contributed by atoms with Crippen LogP contribution in [-0.2, 0) is 0 Å². The van der Waals surface area contributed by atoms with E-state index in [1.165, 1.54) is 17.6 Å². The minimum atomic E-state index is -0.531. The first-order valence-electron chi connectivity index (χ1n) is 6.04. The van der Waals surface area contributed by atoms with Crippen molar-refractivity contribution < 1.29 is 13.9 Å². The minimum Gasteiger partial charge on any atom is -0.501 e. The highest BCUT2D eigenvalue weighted by molar-refractivity contribution is 7.23. The zero-order chi connectivity index (χ0) is 14.6. The van der Waals surface area contributed by atoms with Crippen LogP contribution in [0, 0.1) is 0 Å². The van der Waals surface area contributed by atoms with E-state index < -0.39 is 11.2 Å². The lowest BCUT2D eigenvalue weighted by molar-refractivity contribution is 0.439. The predicted molar refractivity (Wildman–Crippen MR) is 79.4 cm³/mol. The van der Waals surface area contributed by atoms with Gasteiger partial charge in [-0.25, -0.2) is 4.98 Å². The fourth-order valence-corrected chi connectivity index (χ4v) is 3.11. The van der Waals surface area contributed by atoms with Crippen LogP contribution in [0.25, 0.3) is 32.7 Å². The van der Waals surface area contributed by atoms with Crippen LogP contribution in [0.4, 0.5) is 5.13 Å². The lowest BCUT2D eigenvalue weighted by atomic mass is 10.2. The molecule has 0 aliphatic carbocycles. The first-order valence-corrected chi connectivity index (χ1v) is 6.85. The molecule has 1 aromatic carbocycles. The number of hydrogen-bond acceptors (Lipinski definition) is 7. The van der Waals surface area contributed by atoms with E-state index in [2.05, 4.69) is 4.98 Å². The smallest absolute Gasteiger partial charge is 0.236 e. The van der Waals surface area contributed by atoms with Crippen molar-refractivity contribution in [2.45, 2.75) is 0 Å². The summed E-state index contributed by atoms with van der Waals surface area (Å²) < 4.78 is 11.4. The maximum atomic E-state index is 12.5. The maximum absolute atomic E-state index is 12.5. The topological polar surface area (TPSA) is 102 Å². The van der Waals surface area contributed by atoms with Gasteiger partial charge in [-0.3, -0.25) is 4.79 Å². The Hall–Kier alpha value is -2.80. The van der Waals surface area contributed by atoms with Gasteiger partial charge in [-0.1, -0.05) is 11.3 Å². The van der Waals surface area contributed by atoms with E-state index in [9.17, 15) is 9.90 Å². The van der Waals surface area contributed by atoms with Crippen molar-refractivity contribution in [1.29, 1.82) is 0 Å². The van der Waals surface area contributed by atoms with Crippen molar-refractivity contribution in [3.05, 3.63) is 40.8 Å². The molecule has 3 aromatic heterocycles. The molecular weight excluding hydrogens is 292 g/mol. The maximum Gasteiger partial charge on any atom is 0.236 e. The molecule has 7 heteroatoms. The zero-order valence-corrected chi connectivity index (χ0v) is 11.3. The molecule has 104 valence electrons. The fourth-order valence-electron chi connectivity index (χ4n) is 2.25. The molecule has 0 atom stereocenters. The van der Waals surface area contributed by atoms with Gasteiger partial charge in [0.25, 0.3) is 0 Å². The van der Waals surface area contributed by atoms with Crippen molar-refractivity contribution in [3.63, 3.8) is 0 Å². The number of aromatic hydroxyl groups is 1. The number of benzene rings is 1. The Morgan fingerprint density at radius 3 is 2.90 bits per heavy atom. The molecule has 0 saturated carbocycles. The SMILES string of the molecule is Nc1nc2ccc3oc(-c4ccco4)c(O)c(=O)c3c2s1. The van der Waals surface area contributed by atoms with E-state index in [-0.39, 0.29) is 16.9 Å². The molecule has 3 heterocycles. The lowest BCUT2D eigenvalue weighted by Crippen LogP contribution is -2.02. The second-order valence-electron chi connectivity index (χ2n) is 4.43. The molecule has 4 rings (SSSR count). The predicted octanol–water partition coefficient (Wildman–Crippen LogP) is 2.95. The normalized spacial score (nSPS) is 11.4. The Labute approximate surface area is 121 Å². The van der Waals surface area contributed by atoms with Crippen LogP contribution in [0.1, 0.15) is 0 Å². The van der Waals surface area contributed by atoms with Crippen molar-refractivity contribution >= 4 is 37.7 Å². The summed E-state index contributed by atoms with van der Waals surface area (Å²) in [5, 5.41) is 10.7. The van der Waals surface area contributed by atoms with Crippen LogP contribution in [0.3, 0.4) is 0 Å². The molecular formula is C14H8N2O4S. The van der Waals surface area contributed by atoms with Gasteiger partial charge in [-0.15, -0.1) is 0 Å². The van der Waals surface area contributed by atoms with Crippen LogP contribution in [0.5, 0.6) is 5.75 Å². The summed E-state index contributed by atoms with van der Waals surface area (Å²) in [6.07, 6.45) is 1.44. The van der Waals surface area contributed by atoms with E-state index in [1.54, 1.807) is 24.3 Å². The zero-order valence-electron chi connectivity index (χ0n) is 10.5. The van der Waals surface area contributed by atoms with Crippen molar-refractivity contribution in [3.8, 4) is 17.3 Å². The number of aromatic nitrogens is 1. The number of hydrogen-bond donors (Lipinski definition) is 2. The van der Waals surface area contributed by atoms with Gasteiger partial charge in [0.15, 0.2) is 10.9 Å². The highest BCUT2D eigenvalue weighted by Crippen LogP contribution is 2.35. The second-order valence-corrected chi connectivity index (χ2v) is 5.46. The number of rotatable bonds is 1. The van der Waals surface area contributed by atoms with Gasteiger partial charge >= 0.3 is 0 Å². The van der Waals surface area contributed by atoms with Gasteiger partial charge < -0.3 is 19.7 Å². The van der Waals surface area contributed by atoms with Gasteiger partial charge in [0.05, 0.1) is 21.9 Å². The molecule has 0 unspecified atom stereocenters. The first kappa shape index (κ1) is 12.0. The second kappa shape index (κ2) is 4.10. The van der Waals surface area contributed by atoms with Gasteiger partial charge in [-0.2, -0.15) is 0 Å². The van der Waals surface area contributed by atoms with Gasteiger partial charge in [0.2, 0.25) is 16.9 Å². The molecule has 0 bridgehead atoms. The summed E-state index contributed by atoms with van der Waals surface area (Å²) in [4.78, 5) is 16.6. The molecule has 0 aliphatic rings. The lowest BCUT2D eigenvalue weighted by Gasteiger charge is -2.03. The average Bonchev–Trinajstić information content (AvgIpc) is 3.10. The van der Waals surface area contributed by atoms with Crippen LogP contribution in [0.2, 0.25) is 0 Å². The number of nitrogens with two attached hydrogens (primary N) is 1. The first-order chi connectivity index (χ1) is 10.1. The Morgan fingerprint density at radius 2 is 2.14 bits per heavy atom. The van der Waals surface area contributed by atoms with Crippen LogP contribution in [0.15, 0.2) is 44.2 Å². The van der Waals surface area contributed by atoms with Gasteiger partial charge in [-0.05, 0) is 24.3 Å². The third-order valence-electron chi connectivity index (χ3n) is 3.15. The third-order valence-corrected chi connectivity index (χ3v) is 4.07. The summed E-state index contributed by atoms with van der Waals surface area (Å²) in [7, 11) is 0. The van der Waals surface area contributed by atoms with E-state index in [4.69, 9.17) is 14.6 Å².